The highest BCUT2D eigenvalue weighted by Gasteiger charge is 2.23. The molecular weight excluding hydrogens is 122 g/mol. The third-order valence-corrected chi connectivity index (χ3v) is 2.33. The summed E-state index contributed by atoms with van der Waals surface area (Å²) >= 11 is 0. The molecule has 1 nitrogen and oxygen atoms in total. The molecule has 1 heterocycles. The molecular formula is C9H17N. The molecule has 0 unspecified atom stereocenters. The van der Waals surface area contributed by atoms with Crippen molar-refractivity contribution in [1.82, 2.24) is 4.90 Å². The summed E-state index contributed by atoms with van der Waals surface area (Å²) in [4.78, 5) is 2.40. The van der Waals surface area contributed by atoms with Gasteiger partial charge in [0.2, 0.25) is 0 Å². The van der Waals surface area contributed by atoms with Crippen molar-refractivity contribution >= 4 is 0 Å². The van der Waals surface area contributed by atoms with Crippen molar-refractivity contribution in [1.29, 1.82) is 0 Å². The minimum atomic E-state index is 0.392. The van der Waals surface area contributed by atoms with E-state index in [-0.39, 0.29) is 0 Å². The fraction of sp³-hybridized carbons (Fsp3) is 0.778. The Morgan fingerprint density at radius 3 is 2.60 bits per heavy atom. The minimum Gasteiger partial charge on any atom is -0.373 e. The van der Waals surface area contributed by atoms with Crippen LogP contribution in [0.25, 0.3) is 0 Å². The number of rotatable bonds is 1. The van der Waals surface area contributed by atoms with E-state index in [4.69, 9.17) is 0 Å². The van der Waals surface area contributed by atoms with Crippen LogP contribution in [-0.2, 0) is 0 Å². The average Bonchev–Trinajstić information content (AvgIpc) is 1.87. The molecule has 0 fully saturated rings. The molecule has 0 N–H and O–H groups in total. The Bertz CT molecular complexity index is 136. The SMILES string of the molecule is CCN1C=CCCC1(C)C. The van der Waals surface area contributed by atoms with Crippen LogP contribution < -0.4 is 0 Å². The average molecular weight is 139 g/mol. The molecule has 1 aliphatic rings. The van der Waals surface area contributed by atoms with Crippen molar-refractivity contribution in [2.45, 2.75) is 39.2 Å². The van der Waals surface area contributed by atoms with E-state index >= 15 is 0 Å². The monoisotopic (exact) mass is 139 g/mol. The van der Waals surface area contributed by atoms with Crippen LogP contribution in [0, 0.1) is 0 Å². The van der Waals surface area contributed by atoms with Gasteiger partial charge in [-0.05, 0) is 39.8 Å². The Balaban J connectivity index is 2.66. The maximum atomic E-state index is 2.40. The van der Waals surface area contributed by atoms with E-state index in [9.17, 15) is 0 Å². The van der Waals surface area contributed by atoms with Gasteiger partial charge in [0.25, 0.3) is 0 Å². The molecule has 0 aliphatic carbocycles. The van der Waals surface area contributed by atoms with Crippen LogP contribution in [0.1, 0.15) is 33.6 Å². The predicted octanol–water partition coefficient (Wildman–Crippen LogP) is 2.39. The summed E-state index contributed by atoms with van der Waals surface area (Å²) in [6.45, 7) is 7.95. The van der Waals surface area contributed by atoms with Crippen LogP contribution in [-0.4, -0.2) is 17.0 Å². The van der Waals surface area contributed by atoms with Crippen molar-refractivity contribution in [3.05, 3.63) is 12.3 Å². The molecule has 1 rings (SSSR count). The van der Waals surface area contributed by atoms with Gasteiger partial charge < -0.3 is 4.90 Å². The lowest BCUT2D eigenvalue weighted by atomic mass is 9.94. The highest BCUT2D eigenvalue weighted by atomic mass is 15.2. The molecule has 1 aliphatic heterocycles. The van der Waals surface area contributed by atoms with Crippen molar-refractivity contribution in [2.24, 2.45) is 0 Å². The number of hydrogen-bond donors (Lipinski definition) is 0. The highest BCUT2D eigenvalue weighted by molar-refractivity contribution is 4.97. The summed E-state index contributed by atoms with van der Waals surface area (Å²) in [5, 5.41) is 0. The van der Waals surface area contributed by atoms with E-state index in [0.717, 1.165) is 6.54 Å². The van der Waals surface area contributed by atoms with Crippen molar-refractivity contribution < 1.29 is 0 Å². The second kappa shape index (κ2) is 2.65. The summed E-state index contributed by atoms with van der Waals surface area (Å²) < 4.78 is 0. The molecule has 0 aromatic heterocycles. The zero-order chi connectivity index (χ0) is 7.61. The van der Waals surface area contributed by atoms with Crippen LogP contribution in [0.5, 0.6) is 0 Å². The minimum absolute atomic E-state index is 0.392. The quantitative estimate of drug-likeness (QED) is 0.539. The standard InChI is InChI=1S/C9H17N/c1-4-10-8-6-5-7-9(10,2)3/h6,8H,4-5,7H2,1-3H3. The zero-order valence-electron chi connectivity index (χ0n) is 7.22. The van der Waals surface area contributed by atoms with Gasteiger partial charge in [-0.25, -0.2) is 0 Å². The Morgan fingerprint density at radius 1 is 1.50 bits per heavy atom. The topological polar surface area (TPSA) is 3.24 Å². The molecule has 0 amide bonds. The van der Waals surface area contributed by atoms with Gasteiger partial charge in [0.15, 0.2) is 0 Å². The van der Waals surface area contributed by atoms with Gasteiger partial charge >= 0.3 is 0 Å². The summed E-state index contributed by atoms with van der Waals surface area (Å²) in [6.07, 6.45) is 7.01. The van der Waals surface area contributed by atoms with E-state index in [0.29, 0.717) is 5.54 Å². The fourth-order valence-electron chi connectivity index (χ4n) is 1.52. The Morgan fingerprint density at radius 2 is 2.20 bits per heavy atom. The molecule has 10 heavy (non-hydrogen) atoms. The Hall–Kier alpha value is -0.460. The Kier molecular flexibility index (Phi) is 2.02. The van der Waals surface area contributed by atoms with Gasteiger partial charge in [-0.2, -0.15) is 0 Å². The van der Waals surface area contributed by atoms with Crippen LogP contribution in [0.4, 0.5) is 0 Å². The van der Waals surface area contributed by atoms with Crippen LogP contribution >= 0.6 is 0 Å². The normalized spacial score (nSPS) is 23.3. The summed E-state index contributed by atoms with van der Waals surface area (Å²) in [5.74, 6) is 0. The predicted molar refractivity (Wildman–Crippen MR) is 44.8 cm³/mol. The molecule has 0 spiro atoms. The first kappa shape index (κ1) is 7.64. The number of nitrogens with zero attached hydrogens (tertiary/aromatic N) is 1. The third-order valence-electron chi connectivity index (χ3n) is 2.33. The molecule has 0 bridgehead atoms. The number of allylic oxidation sites excluding steroid dienone is 1. The van der Waals surface area contributed by atoms with Crippen LogP contribution in [0.2, 0.25) is 0 Å². The van der Waals surface area contributed by atoms with Gasteiger partial charge in [0.05, 0.1) is 0 Å². The summed E-state index contributed by atoms with van der Waals surface area (Å²) in [5.41, 5.74) is 0.392. The first-order chi connectivity index (χ1) is 4.67. The van der Waals surface area contributed by atoms with Crippen LogP contribution in [0.3, 0.4) is 0 Å². The van der Waals surface area contributed by atoms with Gasteiger partial charge in [0, 0.05) is 12.1 Å². The smallest absolute Gasteiger partial charge is 0.0343 e. The lowest BCUT2D eigenvalue weighted by molar-refractivity contribution is 0.170. The number of hydrogen-bond acceptors (Lipinski definition) is 1. The molecule has 58 valence electrons. The maximum Gasteiger partial charge on any atom is 0.0343 e. The highest BCUT2D eigenvalue weighted by Crippen LogP contribution is 2.24. The molecule has 0 aromatic rings. The second-order valence-corrected chi connectivity index (χ2v) is 3.52. The summed E-state index contributed by atoms with van der Waals surface area (Å²) in [6, 6.07) is 0. The van der Waals surface area contributed by atoms with E-state index in [1.165, 1.54) is 12.8 Å². The lowest BCUT2D eigenvalue weighted by Crippen LogP contribution is -2.41. The molecule has 0 atom stereocenters. The van der Waals surface area contributed by atoms with Gasteiger partial charge in [0.1, 0.15) is 0 Å². The van der Waals surface area contributed by atoms with Crippen molar-refractivity contribution in [2.75, 3.05) is 6.54 Å². The van der Waals surface area contributed by atoms with Gasteiger partial charge in [-0.15, -0.1) is 0 Å². The molecule has 1 heteroatoms. The molecule has 0 saturated heterocycles. The first-order valence-corrected chi connectivity index (χ1v) is 4.10. The lowest BCUT2D eigenvalue weighted by Gasteiger charge is -2.39. The molecule has 0 saturated carbocycles. The molecule has 0 radical (unpaired) electrons. The van der Waals surface area contributed by atoms with E-state index < -0.39 is 0 Å². The zero-order valence-corrected chi connectivity index (χ0v) is 7.22. The second-order valence-electron chi connectivity index (χ2n) is 3.52. The van der Waals surface area contributed by atoms with Crippen LogP contribution in [0.15, 0.2) is 12.3 Å². The van der Waals surface area contributed by atoms with Gasteiger partial charge in [-0.3, -0.25) is 0 Å². The summed E-state index contributed by atoms with van der Waals surface area (Å²) in [7, 11) is 0. The van der Waals surface area contributed by atoms with Crippen molar-refractivity contribution in [3.63, 3.8) is 0 Å². The van der Waals surface area contributed by atoms with E-state index in [2.05, 4.69) is 37.9 Å². The van der Waals surface area contributed by atoms with Crippen molar-refractivity contribution in [3.8, 4) is 0 Å². The third kappa shape index (κ3) is 1.34. The maximum absolute atomic E-state index is 2.40. The first-order valence-electron chi connectivity index (χ1n) is 4.10. The van der Waals surface area contributed by atoms with E-state index in [1.54, 1.807) is 0 Å². The largest absolute Gasteiger partial charge is 0.373 e. The Labute approximate surface area is 63.7 Å². The fourth-order valence-corrected chi connectivity index (χ4v) is 1.52. The molecule has 0 aromatic carbocycles. The van der Waals surface area contributed by atoms with Gasteiger partial charge in [-0.1, -0.05) is 6.08 Å². The van der Waals surface area contributed by atoms with E-state index in [1.807, 2.05) is 0 Å².